The molecule has 13 heavy (non-hydrogen) atoms. The Kier molecular flexibility index (Phi) is 3.38. The molecule has 4 nitrogen and oxygen atoms in total. The number of hydroxylamine groups is 1. The van der Waals surface area contributed by atoms with Crippen molar-refractivity contribution in [2.45, 2.75) is 0 Å². The molecule has 0 bridgehead atoms. The third-order valence-corrected chi connectivity index (χ3v) is 2.10. The van der Waals surface area contributed by atoms with E-state index in [-0.39, 0.29) is 3.79 Å². The van der Waals surface area contributed by atoms with Crippen LogP contribution in [0.5, 0.6) is 0 Å². The van der Waals surface area contributed by atoms with E-state index in [9.17, 15) is 9.59 Å². The molecule has 0 aliphatic rings. The predicted molar refractivity (Wildman–Crippen MR) is 54.0 cm³/mol. The molecule has 0 unspecified atom stereocenters. The lowest BCUT2D eigenvalue weighted by Crippen LogP contribution is -2.18. The van der Waals surface area contributed by atoms with E-state index in [0.717, 1.165) is 0 Å². The smallest absolute Gasteiger partial charge is 0.274 e. The van der Waals surface area contributed by atoms with E-state index >= 15 is 0 Å². The van der Waals surface area contributed by atoms with Gasteiger partial charge in [-0.3, -0.25) is 14.8 Å². The fourth-order valence-corrected chi connectivity index (χ4v) is 1.18. The molecule has 0 fully saturated rings. The van der Waals surface area contributed by atoms with E-state index in [1.165, 1.54) is 29.7 Å². The number of carbonyl (C=O) groups excluding carboxylic acids is 2. The van der Waals surface area contributed by atoms with Gasteiger partial charge in [0.05, 0.1) is 0 Å². The first-order chi connectivity index (χ1) is 6.15. The van der Waals surface area contributed by atoms with Gasteiger partial charge in [-0.1, -0.05) is 0 Å². The average Bonchev–Trinajstić information content (AvgIpc) is 2.17. The van der Waals surface area contributed by atoms with Crippen molar-refractivity contribution >= 4 is 32.3 Å². The Bertz CT molecular complexity index is 334. The normalized spacial score (nSPS) is 9.38. The van der Waals surface area contributed by atoms with Gasteiger partial charge in [0.1, 0.15) is 0 Å². The van der Waals surface area contributed by atoms with Crippen LogP contribution >= 0.6 is 22.6 Å². The summed E-state index contributed by atoms with van der Waals surface area (Å²) < 4.78 is -0.0893. The zero-order valence-electron chi connectivity index (χ0n) is 6.45. The third kappa shape index (κ3) is 2.49. The molecule has 1 aromatic rings. The topological polar surface area (TPSA) is 66.4 Å². The highest BCUT2D eigenvalue weighted by Gasteiger charge is 2.05. The van der Waals surface area contributed by atoms with Gasteiger partial charge in [-0.2, -0.15) is 0 Å². The van der Waals surface area contributed by atoms with Crippen molar-refractivity contribution in [3.63, 3.8) is 0 Å². The molecule has 0 aliphatic carbocycles. The van der Waals surface area contributed by atoms with Crippen LogP contribution in [0.1, 0.15) is 20.7 Å². The minimum Gasteiger partial charge on any atom is -0.288 e. The number of hydrogen-bond acceptors (Lipinski definition) is 3. The number of benzene rings is 1. The van der Waals surface area contributed by atoms with Crippen LogP contribution in [0.2, 0.25) is 0 Å². The van der Waals surface area contributed by atoms with Gasteiger partial charge in [0.15, 0.2) is 0 Å². The molecule has 1 amide bonds. The largest absolute Gasteiger partial charge is 0.288 e. The fraction of sp³-hybridized carbons (Fsp3) is 0. The quantitative estimate of drug-likeness (QED) is 0.374. The molecular weight excluding hydrogens is 285 g/mol. The van der Waals surface area contributed by atoms with Crippen molar-refractivity contribution in [3.05, 3.63) is 35.4 Å². The van der Waals surface area contributed by atoms with Crippen molar-refractivity contribution in [2.75, 3.05) is 0 Å². The van der Waals surface area contributed by atoms with Crippen LogP contribution in [-0.2, 0) is 0 Å². The SMILES string of the molecule is O=C(I)c1ccc(C(=O)NO)cc1. The summed E-state index contributed by atoms with van der Waals surface area (Å²) in [5, 5.41) is 8.30. The van der Waals surface area contributed by atoms with Crippen molar-refractivity contribution in [3.8, 4) is 0 Å². The number of nitrogens with one attached hydrogen (secondary N) is 1. The van der Waals surface area contributed by atoms with Gasteiger partial charge >= 0.3 is 0 Å². The number of carbonyl (C=O) groups is 2. The molecule has 0 aromatic heterocycles. The lowest BCUT2D eigenvalue weighted by atomic mass is 10.1. The van der Waals surface area contributed by atoms with Crippen LogP contribution in [0.4, 0.5) is 0 Å². The summed E-state index contributed by atoms with van der Waals surface area (Å²) in [6, 6.07) is 5.99. The van der Waals surface area contributed by atoms with Gasteiger partial charge in [-0.05, 0) is 24.3 Å². The molecule has 68 valence electrons. The highest BCUT2D eigenvalue weighted by atomic mass is 127. The second-order valence-corrected chi connectivity index (χ2v) is 3.27. The second kappa shape index (κ2) is 4.33. The highest BCUT2D eigenvalue weighted by molar-refractivity contribution is 14.1. The van der Waals surface area contributed by atoms with E-state index < -0.39 is 5.91 Å². The maximum atomic E-state index is 10.8. The average molecular weight is 291 g/mol. The van der Waals surface area contributed by atoms with Gasteiger partial charge in [0.2, 0.25) is 3.79 Å². The van der Waals surface area contributed by atoms with Crippen molar-refractivity contribution in [2.24, 2.45) is 0 Å². The fourth-order valence-electron chi connectivity index (χ4n) is 0.817. The maximum absolute atomic E-state index is 10.8. The minimum absolute atomic E-state index is 0.0893. The highest BCUT2D eigenvalue weighted by Crippen LogP contribution is 2.08. The first kappa shape index (κ1) is 10.1. The summed E-state index contributed by atoms with van der Waals surface area (Å²) in [4.78, 5) is 21.7. The Labute approximate surface area is 88.0 Å². The molecule has 0 saturated heterocycles. The Morgan fingerprint density at radius 3 is 2.00 bits per heavy atom. The zero-order valence-corrected chi connectivity index (χ0v) is 8.61. The Hall–Kier alpha value is -0.950. The Morgan fingerprint density at radius 2 is 1.62 bits per heavy atom. The predicted octanol–water partition coefficient (Wildman–Crippen LogP) is 1.38. The molecule has 5 heteroatoms. The van der Waals surface area contributed by atoms with Crippen molar-refractivity contribution in [1.29, 1.82) is 0 Å². The summed E-state index contributed by atoms with van der Waals surface area (Å²) in [6.45, 7) is 0. The van der Waals surface area contributed by atoms with Crippen molar-refractivity contribution in [1.82, 2.24) is 5.48 Å². The van der Waals surface area contributed by atoms with Gasteiger partial charge in [0.25, 0.3) is 5.91 Å². The van der Waals surface area contributed by atoms with Crippen LogP contribution < -0.4 is 5.48 Å². The monoisotopic (exact) mass is 291 g/mol. The summed E-state index contributed by atoms with van der Waals surface area (Å²) in [7, 11) is 0. The van der Waals surface area contributed by atoms with Crippen LogP contribution in [0.25, 0.3) is 0 Å². The van der Waals surface area contributed by atoms with E-state index in [0.29, 0.717) is 11.1 Å². The second-order valence-electron chi connectivity index (χ2n) is 2.29. The number of halogens is 1. The first-order valence-electron chi connectivity index (χ1n) is 3.39. The van der Waals surface area contributed by atoms with Crippen LogP contribution in [0.15, 0.2) is 24.3 Å². The summed E-state index contributed by atoms with van der Waals surface area (Å²) in [5.74, 6) is -0.590. The molecule has 0 radical (unpaired) electrons. The van der Waals surface area contributed by atoms with E-state index in [2.05, 4.69) is 0 Å². The third-order valence-electron chi connectivity index (χ3n) is 1.48. The van der Waals surface area contributed by atoms with Crippen LogP contribution in [0, 0.1) is 0 Å². The van der Waals surface area contributed by atoms with E-state index in [1.54, 1.807) is 22.6 Å². The molecule has 0 heterocycles. The summed E-state index contributed by atoms with van der Waals surface area (Å²) >= 11 is 1.66. The van der Waals surface area contributed by atoms with Gasteiger partial charge < -0.3 is 0 Å². The number of amides is 1. The molecule has 0 saturated carbocycles. The maximum Gasteiger partial charge on any atom is 0.274 e. The lowest BCUT2D eigenvalue weighted by molar-refractivity contribution is 0.0706. The van der Waals surface area contributed by atoms with Crippen LogP contribution in [0.3, 0.4) is 0 Å². The minimum atomic E-state index is -0.590. The number of hydrogen-bond donors (Lipinski definition) is 2. The molecular formula is C8H6INO3. The first-order valence-corrected chi connectivity index (χ1v) is 4.47. The summed E-state index contributed by atoms with van der Waals surface area (Å²) in [5.41, 5.74) is 2.34. The van der Waals surface area contributed by atoms with Gasteiger partial charge in [0, 0.05) is 33.7 Å². The van der Waals surface area contributed by atoms with Gasteiger partial charge in [-0.25, -0.2) is 5.48 Å². The number of rotatable bonds is 2. The molecule has 1 aromatic carbocycles. The lowest BCUT2D eigenvalue weighted by Gasteiger charge is -1.98. The molecule has 0 aliphatic heterocycles. The molecule has 1 rings (SSSR count). The Balaban J connectivity index is 2.93. The van der Waals surface area contributed by atoms with E-state index in [4.69, 9.17) is 5.21 Å². The molecule has 2 N–H and O–H groups in total. The van der Waals surface area contributed by atoms with Crippen LogP contribution in [-0.4, -0.2) is 14.9 Å². The standard InChI is InChI=1S/C8H6INO3/c9-7(11)5-1-3-6(4-2-5)8(12)10-13/h1-4,13H,(H,10,12). The molecule has 0 atom stereocenters. The van der Waals surface area contributed by atoms with Crippen molar-refractivity contribution < 1.29 is 14.8 Å². The Morgan fingerprint density at radius 1 is 1.15 bits per heavy atom. The van der Waals surface area contributed by atoms with E-state index in [1.807, 2.05) is 0 Å². The molecule has 0 spiro atoms. The summed E-state index contributed by atoms with van der Waals surface area (Å²) in [6.07, 6.45) is 0. The zero-order chi connectivity index (χ0) is 9.84. The van der Waals surface area contributed by atoms with Gasteiger partial charge in [-0.15, -0.1) is 0 Å².